The second kappa shape index (κ2) is 5.73. The molecule has 6 nitrogen and oxygen atoms in total. The molecule has 1 aliphatic rings. The van der Waals surface area contributed by atoms with Crippen LogP contribution in [0.2, 0.25) is 5.02 Å². The first-order valence-electron chi connectivity index (χ1n) is 6.45. The molecule has 0 unspecified atom stereocenters. The molecule has 1 aromatic heterocycles. The van der Waals surface area contributed by atoms with Gasteiger partial charge in [0.1, 0.15) is 9.84 Å². The Morgan fingerprint density at radius 3 is 2.80 bits per heavy atom. The van der Waals surface area contributed by atoms with Gasteiger partial charge in [-0.15, -0.1) is 0 Å². The van der Waals surface area contributed by atoms with Crippen molar-refractivity contribution in [3.05, 3.63) is 16.4 Å². The van der Waals surface area contributed by atoms with E-state index < -0.39 is 9.84 Å². The number of aromatic nitrogens is 2. The number of sulfone groups is 1. The lowest BCUT2D eigenvalue weighted by Gasteiger charge is -2.32. The summed E-state index contributed by atoms with van der Waals surface area (Å²) in [6, 6.07) is 0. The number of nitrogens with zero attached hydrogens (tertiary/aromatic N) is 2. The summed E-state index contributed by atoms with van der Waals surface area (Å²) in [7, 11) is -3.03. The number of nitrogens with one attached hydrogen (secondary N) is 1. The van der Waals surface area contributed by atoms with Crippen LogP contribution in [0.4, 0.5) is 0 Å². The van der Waals surface area contributed by atoms with Crippen molar-refractivity contribution in [1.82, 2.24) is 15.1 Å². The van der Waals surface area contributed by atoms with Crippen molar-refractivity contribution in [1.29, 1.82) is 0 Å². The molecule has 0 aromatic carbocycles. The van der Waals surface area contributed by atoms with E-state index in [1.54, 1.807) is 11.8 Å². The minimum absolute atomic E-state index is 0.0125. The molecule has 1 amide bonds. The highest BCUT2D eigenvalue weighted by atomic mass is 35.5. The number of hydrogen-bond donors (Lipinski definition) is 1. The van der Waals surface area contributed by atoms with Gasteiger partial charge in [0.05, 0.1) is 16.5 Å². The molecule has 1 saturated heterocycles. The third-order valence-corrected chi connectivity index (χ3v) is 4.96. The Morgan fingerprint density at radius 1 is 1.55 bits per heavy atom. The Morgan fingerprint density at radius 2 is 2.25 bits per heavy atom. The summed E-state index contributed by atoms with van der Waals surface area (Å²) in [5.41, 5.74) is 0.865. The number of carbonyl (C=O) groups excluding carboxylic acids is 1. The third-order valence-electron chi connectivity index (χ3n) is 3.42. The molecule has 2 rings (SSSR count). The Hall–Kier alpha value is -1.08. The standard InChI is InChI=1S/C12H18ClN3O3S/c1-8-10(13)11(15-14-8)12(17)16-5-3-4-9(6-16)7-20(2,18)19/h9H,3-7H2,1-2H3,(H,14,15)/t9-/m1/s1. The molecule has 1 aliphatic heterocycles. The molecule has 20 heavy (non-hydrogen) atoms. The molecule has 1 aromatic rings. The summed E-state index contributed by atoms with van der Waals surface area (Å²) in [6.45, 7) is 2.80. The van der Waals surface area contributed by atoms with Gasteiger partial charge < -0.3 is 4.90 Å². The number of rotatable bonds is 3. The summed E-state index contributed by atoms with van der Waals surface area (Å²) < 4.78 is 22.7. The highest BCUT2D eigenvalue weighted by molar-refractivity contribution is 7.90. The van der Waals surface area contributed by atoms with Crippen LogP contribution < -0.4 is 0 Å². The second-order valence-corrected chi connectivity index (χ2v) is 7.93. The summed E-state index contributed by atoms with van der Waals surface area (Å²) in [4.78, 5) is 14.0. The van der Waals surface area contributed by atoms with E-state index in [1.165, 1.54) is 6.26 Å². The van der Waals surface area contributed by atoms with Gasteiger partial charge in [0.25, 0.3) is 5.91 Å². The number of hydrogen-bond acceptors (Lipinski definition) is 4. The number of H-pyrrole nitrogens is 1. The van der Waals surface area contributed by atoms with Gasteiger partial charge >= 0.3 is 0 Å². The fourth-order valence-corrected chi connectivity index (χ4v) is 3.81. The number of aryl methyl sites for hydroxylation is 1. The van der Waals surface area contributed by atoms with Crippen molar-refractivity contribution >= 4 is 27.3 Å². The lowest BCUT2D eigenvalue weighted by atomic mass is 10.00. The van der Waals surface area contributed by atoms with Crippen molar-refractivity contribution in [3.8, 4) is 0 Å². The van der Waals surface area contributed by atoms with E-state index in [9.17, 15) is 13.2 Å². The molecule has 0 spiro atoms. The summed E-state index contributed by atoms with van der Waals surface area (Å²) in [5.74, 6) is -0.136. The maximum atomic E-state index is 12.4. The van der Waals surface area contributed by atoms with Crippen LogP contribution in [0, 0.1) is 12.8 Å². The van der Waals surface area contributed by atoms with Crippen LogP contribution in [0.25, 0.3) is 0 Å². The third kappa shape index (κ3) is 3.52. The summed E-state index contributed by atoms with van der Waals surface area (Å²) in [5, 5.41) is 6.94. The van der Waals surface area contributed by atoms with Crippen molar-refractivity contribution in [2.45, 2.75) is 19.8 Å². The predicted molar refractivity (Wildman–Crippen MR) is 76.7 cm³/mol. The Labute approximate surface area is 123 Å². The molecule has 0 saturated carbocycles. The zero-order valence-corrected chi connectivity index (χ0v) is 13.1. The molecule has 2 heterocycles. The Kier molecular flexibility index (Phi) is 4.39. The first-order valence-corrected chi connectivity index (χ1v) is 8.89. The Bertz CT molecular complexity index is 611. The fraction of sp³-hybridized carbons (Fsp3) is 0.667. The van der Waals surface area contributed by atoms with Crippen LogP contribution in [-0.2, 0) is 9.84 Å². The average Bonchev–Trinajstić information content (AvgIpc) is 2.67. The van der Waals surface area contributed by atoms with E-state index in [0.717, 1.165) is 12.8 Å². The number of aromatic amines is 1. The van der Waals surface area contributed by atoms with Crippen molar-refractivity contribution in [2.24, 2.45) is 5.92 Å². The highest BCUT2D eigenvalue weighted by Gasteiger charge is 2.29. The molecule has 1 N–H and O–H groups in total. The van der Waals surface area contributed by atoms with Crippen LogP contribution in [0.1, 0.15) is 29.0 Å². The van der Waals surface area contributed by atoms with E-state index in [2.05, 4.69) is 10.2 Å². The van der Waals surface area contributed by atoms with Crippen LogP contribution in [0.5, 0.6) is 0 Å². The largest absolute Gasteiger partial charge is 0.337 e. The molecule has 0 aliphatic carbocycles. The molecular weight excluding hydrogens is 302 g/mol. The number of carbonyl (C=O) groups is 1. The minimum Gasteiger partial charge on any atom is -0.337 e. The number of amides is 1. The summed E-state index contributed by atoms with van der Waals surface area (Å²) in [6.07, 6.45) is 2.85. The number of likely N-dealkylation sites (tertiary alicyclic amines) is 1. The molecule has 0 bridgehead atoms. The number of halogens is 1. The lowest BCUT2D eigenvalue weighted by molar-refractivity contribution is 0.0678. The topological polar surface area (TPSA) is 83.1 Å². The van der Waals surface area contributed by atoms with Crippen molar-refractivity contribution in [2.75, 3.05) is 25.1 Å². The van der Waals surface area contributed by atoms with Crippen LogP contribution in [0.3, 0.4) is 0 Å². The van der Waals surface area contributed by atoms with Gasteiger partial charge in [-0.3, -0.25) is 9.89 Å². The maximum absolute atomic E-state index is 12.4. The van der Waals surface area contributed by atoms with E-state index in [1.807, 2.05) is 0 Å². The average molecular weight is 320 g/mol. The van der Waals surface area contributed by atoms with E-state index >= 15 is 0 Å². The maximum Gasteiger partial charge on any atom is 0.275 e. The zero-order chi connectivity index (χ0) is 14.9. The van der Waals surface area contributed by atoms with Gasteiger partial charge in [0.15, 0.2) is 5.69 Å². The number of piperidine rings is 1. The SMILES string of the molecule is Cc1[nH]nc(C(=O)N2CCC[C@@H](CS(C)(=O)=O)C2)c1Cl. The van der Waals surface area contributed by atoms with E-state index in [4.69, 9.17) is 11.6 Å². The van der Waals surface area contributed by atoms with Crippen LogP contribution in [-0.4, -0.2) is 54.5 Å². The smallest absolute Gasteiger partial charge is 0.275 e. The van der Waals surface area contributed by atoms with Gasteiger partial charge in [-0.1, -0.05) is 11.6 Å². The summed E-state index contributed by atoms with van der Waals surface area (Å²) >= 11 is 6.03. The monoisotopic (exact) mass is 319 g/mol. The van der Waals surface area contributed by atoms with Gasteiger partial charge in [-0.25, -0.2) is 8.42 Å². The molecule has 112 valence electrons. The van der Waals surface area contributed by atoms with Crippen molar-refractivity contribution < 1.29 is 13.2 Å². The predicted octanol–water partition coefficient (Wildman–Crippen LogP) is 1.27. The van der Waals surface area contributed by atoms with Gasteiger partial charge in [-0.2, -0.15) is 5.10 Å². The molecule has 0 radical (unpaired) electrons. The Balaban J connectivity index is 2.09. The zero-order valence-electron chi connectivity index (χ0n) is 11.5. The van der Waals surface area contributed by atoms with E-state index in [-0.39, 0.29) is 23.3 Å². The molecular formula is C12H18ClN3O3S. The minimum atomic E-state index is -3.03. The first-order chi connectivity index (χ1) is 9.28. The normalized spacial score (nSPS) is 20.1. The van der Waals surface area contributed by atoms with Crippen LogP contribution >= 0.6 is 11.6 Å². The van der Waals surface area contributed by atoms with E-state index in [0.29, 0.717) is 23.8 Å². The quantitative estimate of drug-likeness (QED) is 0.909. The second-order valence-electron chi connectivity index (χ2n) is 5.36. The van der Waals surface area contributed by atoms with Crippen molar-refractivity contribution in [3.63, 3.8) is 0 Å². The highest BCUT2D eigenvalue weighted by Crippen LogP contribution is 2.23. The van der Waals surface area contributed by atoms with Gasteiger partial charge in [-0.05, 0) is 25.7 Å². The molecule has 1 fully saturated rings. The molecule has 8 heteroatoms. The first kappa shape index (κ1) is 15.3. The van der Waals surface area contributed by atoms with Crippen LogP contribution in [0.15, 0.2) is 0 Å². The van der Waals surface area contributed by atoms with Gasteiger partial charge in [0, 0.05) is 19.3 Å². The molecule has 1 atom stereocenters. The van der Waals surface area contributed by atoms with Gasteiger partial charge in [0.2, 0.25) is 0 Å². The fourth-order valence-electron chi connectivity index (χ4n) is 2.52. The lowest BCUT2D eigenvalue weighted by Crippen LogP contribution is -2.42.